The largest absolute Gasteiger partial charge is 0.417 e. The second-order valence-corrected chi connectivity index (χ2v) is 15.9. The van der Waals surface area contributed by atoms with Crippen LogP contribution in [0.1, 0.15) is 88.0 Å². The molecular weight excluding hydrogens is 784 g/mol. The number of halogens is 8. The Bertz CT molecular complexity index is 1690. The highest BCUT2D eigenvalue weighted by molar-refractivity contribution is 6.32. The Kier molecular flexibility index (Phi) is 16.3. The number of rotatable bonds is 7. The van der Waals surface area contributed by atoms with Gasteiger partial charge in [-0.2, -0.15) is 13.2 Å². The first kappa shape index (κ1) is 45.6. The van der Waals surface area contributed by atoms with Crippen LogP contribution < -0.4 is 0 Å². The molecule has 6 rings (SSSR count). The van der Waals surface area contributed by atoms with Crippen LogP contribution in [0.3, 0.4) is 0 Å². The smallest absolute Gasteiger partial charge is 0.385 e. The van der Waals surface area contributed by atoms with E-state index in [0.717, 1.165) is 58.3 Å². The summed E-state index contributed by atoms with van der Waals surface area (Å²) in [4.78, 5) is 6.70. The van der Waals surface area contributed by atoms with Crippen LogP contribution in [0.2, 0.25) is 15.1 Å². The van der Waals surface area contributed by atoms with Gasteiger partial charge in [0.05, 0.1) is 37.4 Å². The lowest BCUT2D eigenvalue weighted by molar-refractivity contribution is -0.137. The van der Waals surface area contributed by atoms with Crippen molar-refractivity contribution in [1.29, 1.82) is 0 Å². The van der Waals surface area contributed by atoms with Crippen LogP contribution >= 0.6 is 34.8 Å². The lowest BCUT2D eigenvalue weighted by Gasteiger charge is -2.38. The third-order valence-corrected chi connectivity index (χ3v) is 12.2. The molecule has 0 amide bonds. The van der Waals surface area contributed by atoms with Crippen LogP contribution in [0.5, 0.6) is 0 Å². The van der Waals surface area contributed by atoms with Crippen molar-refractivity contribution >= 4 is 34.8 Å². The molecule has 0 bridgehead atoms. The molecule has 0 unspecified atom stereocenters. The van der Waals surface area contributed by atoms with E-state index in [9.17, 15) is 37.3 Å². The Morgan fingerprint density at radius 1 is 0.564 bits per heavy atom. The van der Waals surface area contributed by atoms with E-state index in [-0.39, 0.29) is 20.6 Å². The summed E-state index contributed by atoms with van der Waals surface area (Å²) in [5.74, 6) is -0.966. The SMILES string of the molecule is CCCN1CCC(O)(c2cccc(Cl)c2F)CC1.CCN1CCC(O)(c2cccc(C(F)(F)F)c2Cl)CC1.CCN1CCC(O)(c2cccc(Cl)c2F)CC1. The molecular formula is C41H53Cl3F5N3O3. The average Bonchev–Trinajstić information content (AvgIpc) is 3.15. The van der Waals surface area contributed by atoms with Gasteiger partial charge in [-0.05, 0) is 82.8 Å². The van der Waals surface area contributed by atoms with Crippen LogP contribution in [0, 0.1) is 11.6 Å². The van der Waals surface area contributed by atoms with Crippen molar-refractivity contribution in [1.82, 2.24) is 14.7 Å². The molecule has 3 aromatic carbocycles. The fourth-order valence-electron chi connectivity index (χ4n) is 7.59. The fourth-order valence-corrected chi connectivity index (χ4v) is 8.34. The lowest BCUT2D eigenvalue weighted by Crippen LogP contribution is -2.43. The summed E-state index contributed by atoms with van der Waals surface area (Å²) in [6.07, 6.45) is -0.397. The highest BCUT2D eigenvalue weighted by Crippen LogP contribution is 2.43. The Hall–Kier alpha value is -2.06. The van der Waals surface area contributed by atoms with Gasteiger partial charge in [-0.3, -0.25) is 0 Å². The van der Waals surface area contributed by atoms with Crippen LogP contribution in [0.15, 0.2) is 54.6 Å². The summed E-state index contributed by atoms with van der Waals surface area (Å²) in [5, 5.41) is 31.6. The van der Waals surface area contributed by atoms with E-state index in [1.807, 2.05) is 6.92 Å². The normalized spacial score (nSPS) is 20.2. The predicted molar refractivity (Wildman–Crippen MR) is 210 cm³/mol. The highest BCUT2D eigenvalue weighted by atomic mass is 35.5. The molecule has 0 aromatic heterocycles. The van der Waals surface area contributed by atoms with Crippen molar-refractivity contribution < 1.29 is 37.3 Å². The molecule has 0 spiro atoms. The first-order chi connectivity index (χ1) is 25.9. The number of alkyl halides is 3. The van der Waals surface area contributed by atoms with E-state index in [1.165, 1.54) is 24.3 Å². The molecule has 3 aromatic rings. The van der Waals surface area contributed by atoms with Gasteiger partial charge >= 0.3 is 6.18 Å². The zero-order chi connectivity index (χ0) is 40.6. The summed E-state index contributed by atoms with van der Waals surface area (Å²) >= 11 is 17.4. The predicted octanol–water partition coefficient (Wildman–Crippen LogP) is 9.62. The molecule has 0 atom stereocenters. The van der Waals surface area contributed by atoms with Crippen LogP contribution in [-0.2, 0) is 23.0 Å². The van der Waals surface area contributed by atoms with Gasteiger partial charge in [-0.25, -0.2) is 8.78 Å². The number of benzene rings is 3. The maximum absolute atomic E-state index is 14.0. The van der Waals surface area contributed by atoms with Gasteiger partial charge in [0.15, 0.2) is 0 Å². The number of piperidine rings is 3. The zero-order valence-corrected chi connectivity index (χ0v) is 34.0. The molecule has 6 nitrogen and oxygen atoms in total. The maximum atomic E-state index is 14.0. The van der Waals surface area contributed by atoms with Gasteiger partial charge in [-0.1, -0.05) is 92.0 Å². The van der Waals surface area contributed by atoms with Gasteiger partial charge in [0.2, 0.25) is 0 Å². The molecule has 3 heterocycles. The lowest BCUT2D eigenvalue weighted by atomic mass is 9.83. The molecule has 3 aliphatic heterocycles. The summed E-state index contributed by atoms with van der Waals surface area (Å²) < 4.78 is 66.5. The number of hydrogen-bond acceptors (Lipinski definition) is 6. The summed E-state index contributed by atoms with van der Waals surface area (Å²) in [6.45, 7) is 13.6. The monoisotopic (exact) mass is 835 g/mol. The minimum Gasteiger partial charge on any atom is -0.385 e. The van der Waals surface area contributed by atoms with Crippen molar-refractivity contribution in [2.75, 3.05) is 58.9 Å². The summed E-state index contributed by atoms with van der Waals surface area (Å²) in [5.41, 5.74) is -3.44. The van der Waals surface area contributed by atoms with E-state index in [0.29, 0.717) is 62.7 Å². The van der Waals surface area contributed by atoms with E-state index in [2.05, 4.69) is 28.5 Å². The zero-order valence-electron chi connectivity index (χ0n) is 31.7. The molecule has 3 aliphatic rings. The van der Waals surface area contributed by atoms with Gasteiger partial charge in [-0.15, -0.1) is 0 Å². The second-order valence-electron chi connectivity index (χ2n) is 14.7. The fraction of sp³-hybridized carbons (Fsp3) is 0.561. The second kappa shape index (κ2) is 19.6. The molecule has 3 saturated heterocycles. The van der Waals surface area contributed by atoms with Crippen molar-refractivity contribution in [3.05, 3.63) is 104 Å². The van der Waals surface area contributed by atoms with E-state index in [1.54, 1.807) is 24.3 Å². The first-order valence-electron chi connectivity index (χ1n) is 19.0. The van der Waals surface area contributed by atoms with Gasteiger partial charge in [0, 0.05) is 56.0 Å². The van der Waals surface area contributed by atoms with E-state index < -0.39 is 40.2 Å². The van der Waals surface area contributed by atoms with Crippen LogP contribution in [0.25, 0.3) is 0 Å². The van der Waals surface area contributed by atoms with Crippen molar-refractivity contribution in [3.63, 3.8) is 0 Å². The van der Waals surface area contributed by atoms with Gasteiger partial charge in [0.1, 0.15) is 11.6 Å². The van der Waals surface area contributed by atoms with E-state index >= 15 is 0 Å². The van der Waals surface area contributed by atoms with Crippen molar-refractivity contribution in [3.8, 4) is 0 Å². The molecule has 3 fully saturated rings. The molecule has 3 N–H and O–H groups in total. The van der Waals surface area contributed by atoms with E-state index in [4.69, 9.17) is 34.8 Å². The molecule has 0 aliphatic carbocycles. The highest BCUT2D eigenvalue weighted by Gasteiger charge is 2.41. The summed E-state index contributed by atoms with van der Waals surface area (Å²) in [6, 6.07) is 13.4. The van der Waals surface area contributed by atoms with Gasteiger partial charge < -0.3 is 30.0 Å². The topological polar surface area (TPSA) is 70.4 Å². The minimum atomic E-state index is -4.51. The average molecular weight is 837 g/mol. The number of hydrogen-bond donors (Lipinski definition) is 3. The third kappa shape index (κ3) is 11.3. The number of aliphatic hydroxyl groups is 3. The van der Waals surface area contributed by atoms with Crippen LogP contribution in [0.4, 0.5) is 22.0 Å². The molecule has 14 heteroatoms. The standard InChI is InChI=1S/C14H17ClF3NO.C14H19ClFNO.C13H17ClFNO/c1-2-19-8-6-13(20,7-9-19)10-4-3-5-11(12(10)15)14(16,17)18;1-2-8-17-9-6-14(18,7-10-17)11-4-3-5-12(15)13(11)16;1-2-16-8-6-13(17,7-9-16)10-4-3-5-11(14)12(10)15/h3-5,20H,2,6-9H2,1H3;3-5,18H,2,6-10H2,1H3;3-5,17H,2,6-9H2,1H3. The quantitative estimate of drug-likeness (QED) is 0.206. The minimum absolute atomic E-state index is 0.0776. The Balaban J connectivity index is 0.000000184. The molecule has 0 radical (unpaired) electrons. The van der Waals surface area contributed by atoms with Crippen molar-refractivity contribution in [2.45, 2.75) is 88.7 Å². The van der Waals surface area contributed by atoms with Gasteiger partial charge in [0.25, 0.3) is 0 Å². The van der Waals surface area contributed by atoms with Crippen molar-refractivity contribution in [2.24, 2.45) is 0 Å². The summed E-state index contributed by atoms with van der Waals surface area (Å²) in [7, 11) is 0. The number of nitrogens with zero attached hydrogens (tertiary/aromatic N) is 3. The molecule has 0 saturated carbocycles. The molecule has 55 heavy (non-hydrogen) atoms. The Labute approximate surface area is 336 Å². The maximum Gasteiger partial charge on any atom is 0.417 e. The number of likely N-dealkylation sites (tertiary alicyclic amines) is 3. The Morgan fingerprint density at radius 3 is 1.27 bits per heavy atom. The third-order valence-electron chi connectivity index (χ3n) is 11.2. The first-order valence-corrected chi connectivity index (χ1v) is 20.1. The Morgan fingerprint density at radius 2 is 0.909 bits per heavy atom. The molecule has 306 valence electrons. The van der Waals surface area contributed by atoms with Crippen LogP contribution in [-0.4, -0.2) is 88.9 Å².